The number of halogens is 6. The van der Waals surface area contributed by atoms with E-state index in [1.165, 1.54) is 12.1 Å². The van der Waals surface area contributed by atoms with Crippen LogP contribution in [0.3, 0.4) is 0 Å². The van der Waals surface area contributed by atoms with Gasteiger partial charge < -0.3 is 10.4 Å². The number of hydrogen-bond acceptors (Lipinski definition) is 7. The molecule has 0 aliphatic heterocycles. The number of benzene rings is 1. The van der Waals surface area contributed by atoms with Crippen LogP contribution in [0.1, 0.15) is 16.4 Å². The zero-order chi connectivity index (χ0) is 20.7. The Morgan fingerprint density at radius 3 is 2.29 bits per heavy atom. The molecular formula is C14H8F6N4O2S2. The van der Waals surface area contributed by atoms with Gasteiger partial charge in [0.25, 0.3) is 0 Å². The number of hydrogen-bond donors (Lipinski definition) is 2. The fourth-order valence-corrected chi connectivity index (χ4v) is 3.83. The molecule has 1 unspecified atom stereocenters. The van der Waals surface area contributed by atoms with E-state index in [0.29, 0.717) is 16.0 Å². The van der Waals surface area contributed by atoms with Crippen LogP contribution >= 0.6 is 22.7 Å². The van der Waals surface area contributed by atoms with Gasteiger partial charge in [0, 0.05) is 0 Å². The Hall–Kier alpha value is -2.32. The van der Waals surface area contributed by atoms with Gasteiger partial charge >= 0.3 is 12.4 Å². The summed E-state index contributed by atoms with van der Waals surface area (Å²) in [6, 6.07) is 6.04. The molecule has 2 N–H and O–H groups in total. The molecule has 0 saturated carbocycles. The van der Waals surface area contributed by atoms with Gasteiger partial charge in [-0.3, -0.25) is 4.79 Å². The SMILES string of the molecule is O=C(CC(O)(c1nc2ccccc2s1)C(F)(F)F)Nc1nnc(C(F)(F)F)s1. The van der Waals surface area contributed by atoms with Gasteiger partial charge in [0.15, 0.2) is 0 Å². The number of carbonyl (C=O) groups is 1. The third kappa shape index (κ3) is 3.93. The van der Waals surface area contributed by atoms with Gasteiger partial charge in [-0.15, -0.1) is 21.5 Å². The average molecular weight is 442 g/mol. The van der Waals surface area contributed by atoms with Crippen LogP contribution in [0.2, 0.25) is 0 Å². The topological polar surface area (TPSA) is 88.0 Å². The number of aliphatic hydroxyl groups is 1. The first-order valence-corrected chi connectivity index (χ1v) is 8.89. The highest BCUT2D eigenvalue weighted by Gasteiger charge is 2.58. The van der Waals surface area contributed by atoms with Crippen LogP contribution in [0.4, 0.5) is 31.5 Å². The van der Waals surface area contributed by atoms with Crippen LogP contribution in [0, 0.1) is 0 Å². The van der Waals surface area contributed by atoms with E-state index >= 15 is 0 Å². The summed E-state index contributed by atoms with van der Waals surface area (Å²) in [4.78, 5) is 15.7. The molecule has 2 aromatic heterocycles. The van der Waals surface area contributed by atoms with Crippen LogP contribution in [0.5, 0.6) is 0 Å². The molecular weight excluding hydrogens is 434 g/mol. The van der Waals surface area contributed by atoms with Crippen LogP contribution < -0.4 is 5.32 Å². The second-order valence-corrected chi connectivity index (χ2v) is 7.49. The number of anilines is 1. The molecule has 0 spiro atoms. The number of para-hydroxylation sites is 1. The highest BCUT2D eigenvalue weighted by molar-refractivity contribution is 7.18. The summed E-state index contributed by atoms with van der Waals surface area (Å²) in [6.07, 6.45) is -11.6. The number of fused-ring (bicyclic) bond motifs is 1. The van der Waals surface area contributed by atoms with Crippen molar-refractivity contribution in [2.45, 2.75) is 24.4 Å². The lowest BCUT2D eigenvalue weighted by atomic mass is 9.99. The van der Waals surface area contributed by atoms with Gasteiger partial charge in [0.05, 0.1) is 16.6 Å². The van der Waals surface area contributed by atoms with Crippen molar-refractivity contribution in [3.05, 3.63) is 34.3 Å². The van der Waals surface area contributed by atoms with Gasteiger partial charge in [-0.25, -0.2) is 4.98 Å². The first-order valence-electron chi connectivity index (χ1n) is 7.26. The molecule has 6 nitrogen and oxygen atoms in total. The molecule has 0 aliphatic rings. The molecule has 3 aromatic rings. The molecule has 0 radical (unpaired) electrons. The number of nitrogens with one attached hydrogen (secondary N) is 1. The smallest absolute Gasteiger partial charge is 0.374 e. The minimum atomic E-state index is -5.27. The van der Waals surface area contributed by atoms with Crippen LogP contribution in [-0.4, -0.2) is 32.4 Å². The summed E-state index contributed by atoms with van der Waals surface area (Å²) in [5.41, 5.74) is -3.43. The van der Waals surface area contributed by atoms with Crippen molar-refractivity contribution >= 4 is 43.9 Å². The molecule has 0 saturated heterocycles. The summed E-state index contributed by atoms with van der Waals surface area (Å²) in [5.74, 6) is -1.40. The molecule has 150 valence electrons. The van der Waals surface area contributed by atoms with Gasteiger partial charge in [-0.1, -0.05) is 23.5 Å². The van der Waals surface area contributed by atoms with E-state index in [-0.39, 0.29) is 16.9 Å². The number of rotatable bonds is 4. The number of carbonyl (C=O) groups excluding carboxylic acids is 1. The Morgan fingerprint density at radius 1 is 1.04 bits per heavy atom. The maximum absolute atomic E-state index is 13.5. The Morgan fingerprint density at radius 2 is 1.71 bits per heavy atom. The lowest BCUT2D eigenvalue weighted by Crippen LogP contribution is -2.45. The second kappa shape index (κ2) is 6.93. The lowest BCUT2D eigenvalue weighted by molar-refractivity contribution is -0.266. The number of alkyl halides is 6. The fraction of sp³-hybridized carbons (Fsp3) is 0.286. The zero-order valence-corrected chi connectivity index (χ0v) is 14.9. The largest absolute Gasteiger partial charge is 0.445 e. The molecule has 3 rings (SSSR count). The lowest BCUT2D eigenvalue weighted by Gasteiger charge is -2.27. The van der Waals surface area contributed by atoms with E-state index in [0.717, 1.165) is 0 Å². The summed E-state index contributed by atoms with van der Waals surface area (Å²) >= 11 is 0.498. The molecule has 0 aliphatic carbocycles. The maximum atomic E-state index is 13.5. The Kier molecular flexibility index (Phi) is 5.05. The van der Waals surface area contributed by atoms with Crippen molar-refractivity contribution in [1.29, 1.82) is 0 Å². The number of aromatic nitrogens is 3. The quantitative estimate of drug-likeness (QED) is 0.598. The summed E-state index contributed by atoms with van der Waals surface area (Å²) in [6.45, 7) is 0. The summed E-state index contributed by atoms with van der Waals surface area (Å²) in [7, 11) is 0. The van der Waals surface area contributed by atoms with Crippen molar-refractivity contribution in [2.24, 2.45) is 0 Å². The van der Waals surface area contributed by atoms with E-state index in [1.54, 1.807) is 17.4 Å². The van der Waals surface area contributed by atoms with Crippen molar-refractivity contribution in [3.8, 4) is 0 Å². The van der Waals surface area contributed by atoms with Crippen LogP contribution in [0.25, 0.3) is 10.2 Å². The van der Waals surface area contributed by atoms with E-state index in [1.807, 2.05) is 0 Å². The van der Waals surface area contributed by atoms with E-state index < -0.39 is 45.4 Å². The van der Waals surface area contributed by atoms with Gasteiger partial charge in [-0.2, -0.15) is 26.3 Å². The van der Waals surface area contributed by atoms with Gasteiger partial charge in [-0.05, 0) is 12.1 Å². The molecule has 1 atom stereocenters. The molecule has 14 heteroatoms. The minimum absolute atomic E-state index is 0.0538. The predicted molar refractivity (Wildman–Crippen MR) is 87.7 cm³/mol. The summed E-state index contributed by atoms with van der Waals surface area (Å²) < 4.78 is 78.4. The first-order chi connectivity index (χ1) is 12.9. The normalized spacial score (nSPS) is 14.8. The van der Waals surface area contributed by atoms with E-state index in [9.17, 15) is 36.2 Å². The Labute approximate surface area is 159 Å². The van der Waals surface area contributed by atoms with Gasteiger partial charge in [0.1, 0.15) is 5.01 Å². The zero-order valence-electron chi connectivity index (χ0n) is 13.3. The van der Waals surface area contributed by atoms with Crippen molar-refractivity contribution < 1.29 is 36.2 Å². The Balaban J connectivity index is 1.86. The fourth-order valence-electron chi connectivity index (χ4n) is 2.13. The van der Waals surface area contributed by atoms with E-state index in [2.05, 4.69) is 15.2 Å². The van der Waals surface area contributed by atoms with E-state index in [4.69, 9.17) is 0 Å². The second-order valence-electron chi connectivity index (χ2n) is 5.48. The highest BCUT2D eigenvalue weighted by Crippen LogP contribution is 2.44. The standard InChI is InChI=1S/C14H8F6N4O2S2/c15-13(16,17)10-23-24-11(28-10)22-8(25)5-12(26,14(18,19)20)9-21-6-3-1-2-4-7(6)27-9/h1-4,26H,5H2,(H,22,24,25). The average Bonchev–Trinajstić information content (AvgIpc) is 3.19. The third-order valence-corrected chi connectivity index (χ3v) is 5.52. The summed E-state index contributed by atoms with van der Waals surface area (Å²) in [5, 5.41) is 15.1. The molecule has 2 heterocycles. The maximum Gasteiger partial charge on any atom is 0.445 e. The molecule has 28 heavy (non-hydrogen) atoms. The van der Waals surface area contributed by atoms with Crippen LogP contribution in [-0.2, 0) is 16.6 Å². The minimum Gasteiger partial charge on any atom is -0.374 e. The van der Waals surface area contributed by atoms with Crippen LogP contribution in [0.15, 0.2) is 24.3 Å². The third-order valence-electron chi connectivity index (χ3n) is 3.45. The molecule has 1 amide bonds. The molecule has 0 fully saturated rings. The molecule has 0 bridgehead atoms. The molecule has 1 aromatic carbocycles. The van der Waals surface area contributed by atoms with Crippen molar-refractivity contribution in [1.82, 2.24) is 15.2 Å². The predicted octanol–water partition coefficient (Wildman–Crippen LogP) is 3.95. The number of nitrogens with zero attached hydrogens (tertiary/aromatic N) is 3. The highest BCUT2D eigenvalue weighted by atomic mass is 32.1. The van der Waals surface area contributed by atoms with Crippen molar-refractivity contribution in [2.75, 3.05) is 5.32 Å². The first kappa shape index (κ1) is 20.4. The number of thiazole rings is 1. The van der Waals surface area contributed by atoms with Crippen molar-refractivity contribution in [3.63, 3.8) is 0 Å². The van der Waals surface area contributed by atoms with Gasteiger partial charge in [0.2, 0.25) is 21.6 Å². The Bertz CT molecular complexity index is 982. The monoisotopic (exact) mass is 442 g/mol. The number of amides is 1.